The zero-order chi connectivity index (χ0) is 13.1. The van der Waals surface area contributed by atoms with Gasteiger partial charge in [-0.15, -0.1) is 0 Å². The molecule has 4 fully saturated rings. The van der Waals surface area contributed by atoms with Crippen LogP contribution < -0.4 is 5.73 Å². The molecule has 4 aliphatic rings. The Morgan fingerprint density at radius 3 is 2.22 bits per heavy atom. The maximum absolute atomic E-state index is 12.6. The lowest BCUT2D eigenvalue weighted by atomic mass is 9.48. The van der Waals surface area contributed by atoms with Crippen LogP contribution in [0.3, 0.4) is 0 Å². The molecule has 4 aliphatic carbocycles. The summed E-state index contributed by atoms with van der Waals surface area (Å²) >= 11 is 0. The summed E-state index contributed by atoms with van der Waals surface area (Å²) in [6, 6.07) is 0.331. The van der Waals surface area contributed by atoms with Gasteiger partial charge in [-0.3, -0.25) is 4.79 Å². The highest BCUT2D eigenvalue weighted by Crippen LogP contribution is 2.60. The number of ether oxygens (including phenoxy) is 1. The highest BCUT2D eigenvalue weighted by Gasteiger charge is 2.58. The monoisotopic (exact) mass is 251 g/mol. The minimum atomic E-state index is -0.372. The molecule has 18 heavy (non-hydrogen) atoms. The lowest BCUT2D eigenvalue weighted by Crippen LogP contribution is -2.59. The van der Waals surface area contributed by atoms with Gasteiger partial charge in [-0.05, 0) is 70.6 Å². The number of carbonyl (C=O) groups excluding carboxylic acids is 1. The predicted molar refractivity (Wildman–Crippen MR) is 69.8 cm³/mol. The van der Waals surface area contributed by atoms with Crippen LogP contribution in [0.25, 0.3) is 0 Å². The summed E-state index contributed by atoms with van der Waals surface area (Å²) in [5.74, 6) is 1.88. The van der Waals surface area contributed by atoms with Crippen LogP contribution >= 0.6 is 0 Å². The molecule has 0 spiro atoms. The molecule has 2 atom stereocenters. The molecule has 2 N–H and O–H groups in total. The quantitative estimate of drug-likeness (QED) is 0.728. The minimum Gasteiger partial charge on any atom is -0.460 e. The summed E-state index contributed by atoms with van der Waals surface area (Å²) in [7, 11) is 0. The Kier molecular flexibility index (Phi) is 2.58. The number of hydrogen-bond donors (Lipinski definition) is 1. The Labute approximate surface area is 109 Å². The van der Waals surface area contributed by atoms with Crippen molar-refractivity contribution in [1.82, 2.24) is 0 Å². The zero-order valence-electron chi connectivity index (χ0n) is 11.7. The number of esters is 1. The number of rotatable bonds is 1. The molecule has 0 aromatic heterocycles. The second-order valence-electron chi connectivity index (χ2n) is 7.83. The van der Waals surface area contributed by atoms with Gasteiger partial charge in [0.1, 0.15) is 5.60 Å². The molecule has 4 bridgehead atoms. The summed E-state index contributed by atoms with van der Waals surface area (Å²) in [4.78, 5) is 12.6. The van der Waals surface area contributed by atoms with Gasteiger partial charge in [0.15, 0.2) is 0 Å². The summed E-state index contributed by atoms with van der Waals surface area (Å²) in [5, 5.41) is 0. The maximum Gasteiger partial charge on any atom is 0.312 e. The fourth-order valence-electron chi connectivity index (χ4n) is 4.70. The molecule has 3 nitrogen and oxygen atoms in total. The molecule has 0 heterocycles. The van der Waals surface area contributed by atoms with Crippen LogP contribution in [0.4, 0.5) is 0 Å². The van der Waals surface area contributed by atoms with Crippen molar-refractivity contribution in [3.8, 4) is 0 Å². The normalized spacial score (nSPS) is 46.2. The van der Waals surface area contributed by atoms with Crippen molar-refractivity contribution in [3.63, 3.8) is 0 Å². The van der Waals surface area contributed by atoms with Gasteiger partial charge in [0.2, 0.25) is 0 Å². The van der Waals surface area contributed by atoms with E-state index in [9.17, 15) is 4.79 Å². The largest absolute Gasteiger partial charge is 0.460 e. The van der Waals surface area contributed by atoms with Crippen molar-refractivity contribution in [2.45, 2.75) is 64.5 Å². The van der Waals surface area contributed by atoms with Crippen LogP contribution in [0.5, 0.6) is 0 Å². The SMILES string of the molecule is CC(C)(C)OC(=O)C12CC3CC(C1)C(N)C(C3)C2. The van der Waals surface area contributed by atoms with Crippen molar-refractivity contribution < 1.29 is 9.53 Å². The fraction of sp³-hybridized carbons (Fsp3) is 0.933. The molecule has 2 unspecified atom stereocenters. The Bertz CT molecular complexity index is 355. The van der Waals surface area contributed by atoms with Gasteiger partial charge in [-0.1, -0.05) is 0 Å². The van der Waals surface area contributed by atoms with Crippen molar-refractivity contribution in [2.24, 2.45) is 28.9 Å². The molecule has 0 aromatic carbocycles. The third kappa shape index (κ3) is 1.87. The average Bonchev–Trinajstić information content (AvgIpc) is 2.22. The van der Waals surface area contributed by atoms with E-state index in [-0.39, 0.29) is 17.0 Å². The van der Waals surface area contributed by atoms with E-state index in [4.69, 9.17) is 10.5 Å². The van der Waals surface area contributed by atoms with Crippen LogP contribution in [-0.2, 0) is 9.53 Å². The molecule has 0 aromatic rings. The van der Waals surface area contributed by atoms with Gasteiger partial charge >= 0.3 is 5.97 Å². The van der Waals surface area contributed by atoms with Gasteiger partial charge in [-0.2, -0.15) is 0 Å². The second-order valence-corrected chi connectivity index (χ2v) is 7.83. The van der Waals surface area contributed by atoms with E-state index in [1.807, 2.05) is 20.8 Å². The zero-order valence-corrected chi connectivity index (χ0v) is 11.7. The second kappa shape index (κ2) is 3.72. The number of nitrogens with two attached hydrogens (primary N) is 1. The molecule has 4 rings (SSSR count). The first-order valence-electron chi connectivity index (χ1n) is 7.28. The third-order valence-electron chi connectivity index (χ3n) is 5.18. The first-order chi connectivity index (χ1) is 8.29. The Balaban J connectivity index is 1.82. The summed E-state index contributed by atoms with van der Waals surface area (Å²) < 4.78 is 5.68. The van der Waals surface area contributed by atoms with Gasteiger partial charge in [0.25, 0.3) is 0 Å². The molecular weight excluding hydrogens is 226 g/mol. The summed E-state index contributed by atoms with van der Waals surface area (Å²) in [6.07, 6.45) is 5.46. The molecule has 0 saturated heterocycles. The average molecular weight is 251 g/mol. The van der Waals surface area contributed by atoms with Crippen LogP contribution in [0, 0.1) is 23.2 Å². The first-order valence-corrected chi connectivity index (χ1v) is 7.28. The van der Waals surface area contributed by atoms with Crippen LogP contribution in [-0.4, -0.2) is 17.6 Å². The highest BCUT2D eigenvalue weighted by molar-refractivity contribution is 5.78. The summed E-state index contributed by atoms with van der Waals surface area (Å²) in [6.45, 7) is 5.87. The topological polar surface area (TPSA) is 52.3 Å². The van der Waals surface area contributed by atoms with E-state index < -0.39 is 0 Å². The standard InChI is InChI=1S/C15H25NO2/c1-14(2,3)18-13(17)15-6-9-4-10(7-15)12(16)11(5-9)8-15/h9-12H,4-8,16H2,1-3H3. The molecule has 102 valence electrons. The van der Waals surface area contributed by atoms with Crippen LogP contribution in [0.1, 0.15) is 52.9 Å². The smallest absolute Gasteiger partial charge is 0.312 e. The van der Waals surface area contributed by atoms with E-state index in [1.165, 1.54) is 12.8 Å². The molecular formula is C15H25NO2. The molecule has 0 amide bonds. The van der Waals surface area contributed by atoms with Crippen LogP contribution in [0.15, 0.2) is 0 Å². The van der Waals surface area contributed by atoms with Gasteiger partial charge < -0.3 is 10.5 Å². The van der Waals surface area contributed by atoms with E-state index >= 15 is 0 Å². The Hall–Kier alpha value is -0.570. The molecule has 0 radical (unpaired) electrons. The third-order valence-corrected chi connectivity index (χ3v) is 5.18. The fourth-order valence-corrected chi connectivity index (χ4v) is 4.70. The van der Waals surface area contributed by atoms with Crippen molar-refractivity contribution in [3.05, 3.63) is 0 Å². The number of carbonyl (C=O) groups is 1. The van der Waals surface area contributed by atoms with Gasteiger partial charge in [0, 0.05) is 6.04 Å². The van der Waals surface area contributed by atoms with Crippen molar-refractivity contribution in [1.29, 1.82) is 0 Å². The maximum atomic E-state index is 12.6. The minimum absolute atomic E-state index is 0.0429. The predicted octanol–water partition coefficient (Wildman–Crippen LogP) is 2.48. The van der Waals surface area contributed by atoms with Crippen molar-refractivity contribution in [2.75, 3.05) is 0 Å². The number of hydrogen-bond acceptors (Lipinski definition) is 3. The van der Waals surface area contributed by atoms with E-state index in [2.05, 4.69) is 0 Å². The van der Waals surface area contributed by atoms with E-state index in [0.717, 1.165) is 25.2 Å². The molecule has 0 aliphatic heterocycles. The van der Waals surface area contributed by atoms with E-state index in [1.54, 1.807) is 0 Å². The first kappa shape index (κ1) is 12.5. The highest BCUT2D eigenvalue weighted by atomic mass is 16.6. The molecule has 4 saturated carbocycles. The van der Waals surface area contributed by atoms with Gasteiger partial charge in [0.05, 0.1) is 5.41 Å². The Morgan fingerprint density at radius 1 is 1.17 bits per heavy atom. The molecule has 3 heteroatoms. The summed E-state index contributed by atoms with van der Waals surface area (Å²) in [5.41, 5.74) is 5.73. The van der Waals surface area contributed by atoms with Gasteiger partial charge in [-0.25, -0.2) is 0 Å². The lowest BCUT2D eigenvalue weighted by molar-refractivity contribution is -0.184. The van der Waals surface area contributed by atoms with Crippen molar-refractivity contribution >= 4 is 5.97 Å². The Morgan fingerprint density at radius 2 is 1.72 bits per heavy atom. The lowest BCUT2D eigenvalue weighted by Gasteiger charge is -2.58. The van der Waals surface area contributed by atoms with Crippen LogP contribution in [0.2, 0.25) is 0 Å². The van der Waals surface area contributed by atoms with E-state index in [0.29, 0.717) is 17.9 Å².